The number of aromatic nitrogens is 5. The highest BCUT2D eigenvalue weighted by atomic mass is 16.2. The maximum absolute atomic E-state index is 12.4. The van der Waals surface area contributed by atoms with Gasteiger partial charge in [-0.25, -0.2) is 4.98 Å². The highest BCUT2D eigenvalue weighted by Gasteiger charge is 2.31. The van der Waals surface area contributed by atoms with Crippen LogP contribution in [0.5, 0.6) is 0 Å². The van der Waals surface area contributed by atoms with E-state index < -0.39 is 0 Å². The zero-order valence-electron chi connectivity index (χ0n) is 10.8. The summed E-state index contributed by atoms with van der Waals surface area (Å²) in [5.74, 6) is 1.43. The number of likely N-dealkylation sites (tertiary alicyclic amines) is 1. The fraction of sp³-hybridized carbons (Fsp3) is 0.500. The lowest BCUT2D eigenvalue weighted by Gasteiger charge is -2.33. The van der Waals surface area contributed by atoms with E-state index in [2.05, 4.69) is 25.4 Å². The second kappa shape index (κ2) is 4.83. The monoisotopic (exact) mass is 260 g/mol. The van der Waals surface area contributed by atoms with Crippen LogP contribution in [0.15, 0.2) is 12.3 Å². The van der Waals surface area contributed by atoms with Crippen molar-refractivity contribution in [2.75, 3.05) is 6.54 Å². The minimum absolute atomic E-state index is 0.0374. The van der Waals surface area contributed by atoms with E-state index in [4.69, 9.17) is 0 Å². The van der Waals surface area contributed by atoms with Gasteiger partial charge < -0.3 is 4.90 Å². The molecule has 0 spiro atoms. The number of nitrogens with one attached hydrogen (secondary N) is 2. The maximum atomic E-state index is 12.4. The number of amides is 1. The molecular formula is C12H16N6O. The zero-order chi connectivity index (χ0) is 13.2. The topological polar surface area (TPSA) is 90.6 Å². The molecule has 3 rings (SSSR count). The third kappa shape index (κ3) is 2.23. The Bertz CT molecular complexity index is 561. The Morgan fingerprint density at radius 1 is 1.42 bits per heavy atom. The predicted molar refractivity (Wildman–Crippen MR) is 67.3 cm³/mol. The largest absolute Gasteiger partial charge is 0.327 e. The van der Waals surface area contributed by atoms with Crippen LogP contribution >= 0.6 is 0 Å². The number of carbonyl (C=O) groups excluding carboxylic acids is 1. The molecule has 7 nitrogen and oxygen atoms in total. The van der Waals surface area contributed by atoms with Crippen LogP contribution in [0, 0.1) is 6.92 Å². The predicted octanol–water partition coefficient (Wildman–Crippen LogP) is 1.20. The average Bonchev–Trinajstić information content (AvgIpc) is 3.09. The van der Waals surface area contributed by atoms with Crippen molar-refractivity contribution in [3.05, 3.63) is 29.6 Å². The van der Waals surface area contributed by atoms with Crippen LogP contribution in [0.25, 0.3) is 0 Å². The fourth-order valence-corrected chi connectivity index (χ4v) is 2.48. The summed E-state index contributed by atoms with van der Waals surface area (Å²) in [6.45, 7) is 2.59. The summed E-state index contributed by atoms with van der Waals surface area (Å²) < 4.78 is 0. The molecule has 7 heteroatoms. The van der Waals surface area contributed by atoms with Crippen molar-refractivity contribution in [1.82, 2.24) is 30.3 Å². The molecule has 1 unspecified atom stereocenters. The molecule has 0 saturated carbocycles. The van der Waals surface area contributed by atoms with Gasteiger partial charge in [-0.15, -0.1) is 0 Å². The van der Waals surface area contributed by atoms with Crippen LogP contribution in [-0.4, -0.2) is 42.7 Å². The lowest BCUT2D eigenvalue weighted by molar-refractivity contribution is 0.0594. The lowest BCUT2D eigenvalue weighted by atomic mass is 10.0. The van der Waals surface area contributed by atoms with Crippen molar-refractivity contribution in [2.45, 2.75) is 32.2 Å². The molecule has 1 saturated heterocycles. The molecule has 0 aromatic carbocycles. The second-order valence-electron chi connectivity index (χ2n) is 4.76. The number of hydrogen-bond acceptors (Lipinski definition) is 4. The maximum Gasteiger partial charge on any atom is 0.272 e. The summed E-state index contributed by atoms with van der Waals surface area (Å²) in [6.07, 6.45) is 4.59. The third-order valence-corrected chi connectivity index (χ3v) is 3.41. The van der Waals surface area contributed by atoms with Crippen LogP contribution in [0.4, 0.5) is 0 Å². The molecule has 1 aliphatic heterocycles. The van der Waals surface area contributed by atoms with Crippen LogP contribution in [0.3, 0.4) is 0 Å². The fourth-order valence-electron chi connectivity index (χ4n) is 2.48. The van der Waals surface area contributed by atoms with Crippen molar-refractivity contribution in [3.8, 4) is 0 Å². The first-order valence-corrected chi connectivity index (χ1v) is 6.45. The van der Waals surface area contributed by atoms with Gasteiger partial charge in [0.25, 0.3) is 5.91 Å². The van der Waals surface area contributed by atoms with E-state index in [1.807, 2.05) is 11.8 Å². The van der Waals surface area contributed by atoms with Crippen molar-refractivity contribution in [3.63, 3.8) is 0 Å². The van der Waals surface area contributed by atoms with E-state index in [0.717, 1.165) is 31.6 Å². The molecule has 1 amide bonds. The molecule has 1 aliphatic rings. The van der Waals surface area contributed by atoms with Crippen LogP contribution < -0.4 is 0 Å². The highest BCUT2D eigenvalue weighted by Crippen LogP contribution is 2.29. The number of piperidine rings is 1. The number of hydrogen-bond donors (Lipinski definition) is 2. The van der Waals surface area contributed by atoms with E-state index in [9.17, 15) is 4.79 Å². The number of aromatic amines is 2. The van der Waals surface area contributed by atoms with E-state index in [1.165, 1.54) is 0 Å². The van der Waals surface area contributed by atoms with E-state index in [1.54, 1.807) is 12.3 Å². The second-order valence-corrected chi connectivity index (χ2v) is 4.76. The van der Waals surface area contributed by atoms with Gasteiger partial charge >= 0.3 is 0 Å². The normalized spacial score (nSPS) is 19.6. The Kier molecular flexibility index (Phi) is 3.02. The van der Waals surface area contributed by atoms with Gasteiger partial charge in [0.05, 0.1) is 6.04 Å². The van der Waals surface area contributed by atoms with Crippen molar-refractivity contribution < 1.29 is 4.79 Å². The first-order chi connectivity index (χ1) is 9.25. The van der Waals surface area contributed by atoms with Gasteiger partial charge in [-0.2, -0.15) is 10.2 Å². The van der Waals surface area contributed by atoms with Crippen LogP contribution in [0.1, 0.15) is 47.4 Å². The van der Waals surface area contributed by atoms with Gasteiger partial charge in [0.2, 0.25) is 0 Å². The summed E-state index contributed by atoms with van der Waals surface area (Å²) >= 11 is 0. The standard InChI is InChI=1S/C12H16N6O/c1-8-14-11(17-15-8)10-4-2-3-7-18(10)12(19)9-5-6-13-16-9/h5-6,10H,2-4,7H2,1H3,(H,13,16)(H,14,15,17). The Labute approximate surface area is 110 Å². The average molecular weight is 260 g/mol. The van der Waals surface area contributed by atoms with Crippen molar-refractivity contribution in [2.24, 2.45) is 0 Å². The lowest BCUT2D eigenvalue weighted by Crippen LogP contribution is -2.39. The number of aryl methyl sites for hydroxylation is 1. The van der Waals surface area contributed by atoms with E-state index in [-0.39, 0.29) is 11.9 Å². The first kappa shape index (κ1) is 11.9. The first-order valence-electron chi connectivity index (χ1n) is 6.45. The van der Waals surface area contributed by atoms with Gasteiger partial charge in [0.1, 0.15) is 11.5 Å². The van der Waals surface area contributed by atoms with Gasteiger partial charge in [-0.1, -0.05) is 0 Å². The molecule has 0 radical (unpaired) electrons. The molecule has 1 atom stereocenters. The van der Waals surface area contributed by atoms with Crippen molar-refractivity contribution in [1.29, 1.82) is 0 Å². The Morgan fingerprint density at radius 2 is 2.32 bits per heavy atom. The van der Waals surface area contributed by atoms with E-state index in [0.29, 0.717) is 11.5 Å². The number of carbonyl (C=O) groups is 1. The minimum Gasteiger partial charge on any atom is -0.327 e. The molecule has 2 aromatic heterocycles. The number of H-pyrrole nitrogens is 2. The Balaban J connectivity index is 1.87. The molecule has 2 N–H and O–H groups in total. The highest BCUT2D eigenvalue weighted by molar-refractivity contribution is 5.92. The quantitative estimate of drug-likeness (QED) is 0.849. The van der Waals surface area contributed by atoms with Crippen LogP contribution in [0.2, 0.25) is 0 Å². The summed E-state index contributed by atoms with van der Waals surface area (Å²) in [6, 6.07) is 1.64. The van der Waals surface area contributed by atoms with E-state index >= 15 is 0 Å². The summed E-state index contributed by atoms with van der Waals surface area (Å²) in [4.78, 5) is 18.6. The summed E-state index contributed by atoms with van der Waals surface area (Å²) in [7, 11) is 0. The van der Waals surface area contributed by atoms with Gasteiger partial charge in [-0.3, -0.25) is 15.0 Å². The SMILES string of the molecule is Cc1nc(C2CCCCN2C(=O)c2ccn[nH]2)n[nH]1. The molecule has 100 valence electrons. The van der Waals surface area contributed by atoms with Crippen molar-refractivity contribution >= 4 is 5.91 Å². The smallest absolute Gasteiger partial charge is 0.272 e. The number of nitrogens with zero attached hydrogens (tertiary/aromatic N) is 4. The zero-order valence-corrected chi connectivity index (χ0v) is 10.8. The Morgan fingerprint density at radius 3 is 3.00 bits per heavy atom. The van der Waals surface area contributed by atoms with Gasteiger partial charge in [0.15, 0.2) is 5.82 Å². The molecular weight excluding hydrogens is 244 g/mol. The minimum atomic E-state index is -0.0468. The molecule has 3 heterocycles. The van der Waals surface area contributed by atoms with Gasteiger partial charge in [-0.05, 0) is 32.3 Å². The molecule has 19 heavy (non-hydrogen) atoms. The molecule has 1 fully saturated rings. The van der Waals surface area contributed by atoms with Crippen LogP contribution in [-0.2, 0) is 0 Å². The summed E-state index contributed by atoms with van der Waals surface area (Å²) in [5.41, 5.74) is 0.513. The molecule has 0 aliphatic carbocycles. The third-order valence-electron chi connectivity index (χ3n) is 3.41. The molecule has 2 aromatic rings. The molecule has 0 bridgehead atoms. The number of rotatable bonds is 2. The Hall–Kier alpha value is -2.18. The summed E-state index contributed by atoms with van der Waals surface area (Å²) in [5, 5.41) is 13.6. The van der Waals surface area contributed by atoms with Gasteiger partial charge in [0, 0.05) is 12.7 Å².